The minimum absolute atomic E-state index is 0.238. The lowest BCUT2D eigenvalue weighted by atomic mass is 10.0. The Kier molecular flexibility index (Phi) is 4.45. The Bertz CT molecular complexity index is 545. The van der Waals surface area contributed by atoms with Crippen molar-refractivity contribution in [2.45, 2.75) is 12.5 Å². The van der Waals surface area contributed by atoms with E-state index in [1.54, 1.807) is 11.3 Å². The van der Waals surface area contributed by atoms with Crippen LogP contribution in [0.1, 0.15) is 16.5 Å². The molecule has 96 valence electrons. The summed E-state index contributed by atoms with van der Waals surface area (Å²) in [5, 5.41) is 0. The highest BCUT2D eigenvalue weighted by Crippen LogP contribution is 2.28. The predicted molar refractivity (Wildman–Crippen MR) is 72.1 cm³/mol. The SMILES string of the molecule is NNC(Cc1ccc(Br)s1)c1cccc(F)c1F. The highest BCUT2D eigenvalue weighted by Gasteiger charge is 2.18. The van der Waals surface area contributed by atoms with Gasteiger partial charge in [-0.15, -0.1) is 11.3 Å². The quantitative estimate of drug-likeness (QED) is 0.663. The average Bonchev–Trinajstić information content (AvgIpc) is 2.76. The van der Waals surface area contributed by atoms with E-state index >= 15 is 0 Å². The van der Waals surface area contributed by atoms with Crippen LogP contribution in [0.5, 0.6) is 0 Å². The molecule has 2 aromatic rings. The van der Waals surface area contributed by atoms with E-state index in [0.29, 0.717) is 6.42 Å². The van der Waals surface area contributed by atoms with Gasteiger partial charge < -0.3 is 0 Å². The normalized spacial score (nSPS) is 12.7. The molecule has 6 heteroatoms. The van der Waals surface area contributed by atoms with Crippen molar-refractivity contribution in [3.8, 4) is 0 Å². The molecule has 2 nitrogen and oxygen atoms in total. The molecule has 0 amide bonds. The Morgan fingerprint density at radius 1 is 1.28 bits per heavy atom. The van der Waals surface area contributed by atoms with Crippen molar-refractivity contribution >= 4 is 27.3 Å². The number of hydrogen-bond acceptors (Lipinski definition) is 3. The van der Waals surface area contributed by atoms with Crippen molar-refractivity contribution in [2.24, 2.45) is 5.84 Å². The van der Waals surface area contributed by atoms with Crippen molar-refractivity contribution < 1.29 is 8.78 Å². The first-order chi connectivity index (χ1) is 8.61. The van der Waals surface area contributed by atoms with Gasteiger partial charge in [0.05, 0.1) is 9.83 Å². The average molecular weight is 333 g/mol. The molecule has 0 spiro atoms. The third kappa shape index (κ3) is 2.95. The Labute approximate surface area is 116 Å². The molecule has 0 aliphatic carbocycles. The number of thiophene rings is 1. The number of rotatable bonds is 4. The molecule has 1 unspecified atom stereocenters. The summed E-state index contributed by atoms with van der Waals surface area (Å²) in [5.41, 5.74) is 2.77. The van der Waals surface area contributed by atoms with E-state index in [1.165, 1.54) is 12.1 Å². The predicted octanol–water partition coefficient (Wildman–Crippen LogP) is 3.54. The summed E-state index contributed by atoms with van der Waals surface area (Å²) in [6, 6.07) is 7.49. The van der Waals surface area contributed by atoms with Crippen molar-refractivity contribution in [2.75, 3.05) is 0 Å². The second-order valence-corrected chi connectivity index (χ2v) is 6.32. The van der Waals surface area contributed by atoms with Crippen LogP contribution in [0, 0.1) is 11.6 Å². The Hall–Kier alpha value is -0.820. The summed E-state index contributed by atoms with van der Waals surface area (Å²) in [4.78, 5) is 1.04. The van der Waals surface area contributed by atoms with Crippen LogP contribution in [0.4, 0.5) is 8.78 Å². The van der Waals surface area contributed by atoms with Gasteiger partial charge in [0.2, 0.25) is 0 Å². The molecule has 18 heavy (non-hydrogen) atoms. The van der Waals surface area contributed by atoms with Crippen LogP contribution in [0.3, 0.4) is 0 Å². The van der Waals surface area contributed by atoms with Gasteiger partial charge >= 0.3 is 0 Å². The van der Waals surface area contributed by atoms with Crippen molar-refractivity contribution in [1.82, 2.24) is 5.43 Å². The van der Waals surface area contributed by atoms with Crippen molar-refractivity contribution in [3.63, 3.8) is 0 Å². The number of halogens is 3. The molecular weight excluding hydrogens is 322 g/mol. The fourth-order valence-corrected chi connectivity index (χ4v) is 3.24. The van der Waals surface area contributed by atoms with Crippen LogP contribution in [0.2, 0.25) is 0 Å². The zero-order valence-corrected chi connectivity index (χ0v) is 11.7. The maximum Gasteiger partial charge on any atom is 0.163 e. The van der Waals surface area contributed by atoms with Gasteiger partial charge in [-0.2, -0.15) is 0 Å². The maximum atomic E-state index is 13.7. The van der Waals surface area contributed by atoms with Gasteiger partial charge in [-0.1, -0.05) is 12.1 Å². The molecule has 0 radical (unpaired) electrons. The third-order valence-electron chi connectivity index (χ3n) is 2.59. The summed E-state index contributed by atoms with van der Waals surface area (Å²) in [7, 11) is 0. The number of hydrazine groups is 1. The summed E-state index contributed by atoms with van der Waals surface area (Å²) < 4.78 is 27.8. The molecule has 0 saturated carbocycles. The van der Waals surface area contributed by atoms with E-state index in [4.69, 9.17) is 5.84 Å². The van der Waals surface area contributed by atoms with E-state index in [1.807, 2.05) is 12.1 Å². The van der Waals surface area contributed by atoms with Gasteiger partial charge in [0.25, 0.3) is 0 Å². The largest absolute Gasteiger partial charge is 0.271 e. The summed E-state index contributed by atoms with van der Waals surface area (Å²) >= 11 is 4.90. The van der Waals surface area contributed by atoms with Crippen LogP contribution >= 0.6 is 27.3 Å². The van der Waals surface area contributed by atoms with Gasteiger partial charge in [0.15, 0.2) is 11.6 Å². The third-order valence-corrected chi connectivity index (χ3v) is 4.24. The first kappa shape index (κ1) is 13.6. The lowest BCUT2D eigenvalue weighted by Gasteiger charge is -2.16. The summed E-state index contributed by atoms with van der Waals surface area (Å²) in [6.45, 7) is 0. The minimum atomic E-state index is -0.861. The number of nitrogens with one attached hydrogen (secondary N) is 1. The number of nitrogens with two attached hydrogens (primary N) is 1. The lowest BCUT2D eigenvalue weighted by Crippen LogP contribution is -2.30. The highest BCUT2D eigenvalue weighted by molar-refractivity contribution is 9.11. The highest BCUT2D eigenvalue weighted by atomic mass is 79.9. The lowest BCUT2D eigenvalue weighted by molar-refractivity contribution is 0.465. The second-order valence-electron chi connectivity index (χ2n) is 3.77. The van der Waals surface area contributed by atoms with Crippen LogP contribution in [-0.2, 0) is 6.42 Å². The minimum Gasteiger partial charge on any atom is -0.271 e. The Morgan fingerprint density at radius 3 is 2.67 bits per heavy atom. The summed E-state index contributed by atoms with van der Waals surface area (Å²) in [5.74, 6) is 3.72. The molecule has 3 N–H and O–H groups in total. The van der Waals surface area contributed by atoms with E-state index in [9.17, 15) is 8.78 Å². The van der Waals surface area contributed by atoms with Gasteiger partial charge in [-0.05, 0) is 34.1 Å². The van der Waals surface area contributed by atoms with Crippen LogP contribution in [0.25, 0.3) is 0 Å². The first-order valence-electron chi connectivity index (χ1n) is 5.26. The zero-order chi connectivity index (χ0) is 13.1. The van der Waals surface area contributed by atoms with E-state index in [-0.39, 0.29) is 5.56 Å². The molecule has 0 aliphatic rings. The molecule has 0 saturated heterocycles. The molecule has 1 heterocycles. The van der Waals surface area contributed by atoms with Crippen LogP contribution in [0.15, 0.2) is 34.1 Å². The Morgan fingerprint density at radius 2 is 2.06 bits per heavy atom. The van der Waals surface area contributed by atoms with Crippen molar-refractivity contribution in [3.05, 3.63) is 56.2 Å². The molecule has 1 atom stereocenters. The topological polar surface area (TPSA) is 38.0 Å². The molecular formula is C12H11BrF2N2S. The molecule has 0 fully saturated rings. The van der Waals surface area contributed by atoms with Gasteiger partial charge in [-0.25, -0.2) is 8.78 Å². The van der Waals surface area contributed by atoms with Crippen molar-refractivity contribution in [1.29, 1.82) is 0 Å². The smallest absolute Gasteiger partial charge is 0.163 e. The van der Waals surface area contributed by atoms with E-state index in [0.717, 1.165) is 14.7 Å². The van der Waals surface area contributed by atoms with Crippen LogP contribution < -0.4 is 11.3 Å². The fourth-order valence-electron chi connectivity index (χ4n) is 1.71. The molecule has 1 aromatic carbocycles. The standard InChI is InChI=1S/C12H11BrF2N2S/c13-11-5-4-7(18-11)6-10(17-16)8-2-1-3-9(14)12(8)15/h1-5,10,17H,6,16H2. The van der Waals surface area contributed by atoms with Gasteiger partial charge in [0, 0.05) is 16.9 Å². The van der Waals surface area contributed by atoms with E-state index < -0.39 is 17.7 Å². The Balaban J connectivity index is 2.25. The second kappa shape index (κ2) is 5.88. The zero-order valence-electron chi connectivity index (χ0n) is 9.29. The van der Waals surface area contributed by atoms with E-state index in [2.05, 4.69) is 21.4 Å². The number of hydrogen-bond donors (Lipinski definition) is 2. The summed E-state index contributed by atoms with van der Waals surface area (Å²) in [6.07, 6.45) is 0.507. The van der Waals surface area contributed by atoms with Gasteiger partial charge in [0.1, 0.15) is 0 Å². The van der Waals surface area contributed by atoms with Gasteiger partial charge in [-0.3, -0.25) is 11.3 Å². The monoisotopic (exact) mass is 332 g/mol. The molecule has 2 rings (SSSR count). The number of benzene rings is 1. The molecule has 0 aliphatic heterocycles. The van der Waals surface area contributed by atoms with Crippen LogP contribution in [-0.4, -0.2) is 0 Å². The first-order valence-corrected chi connectivity index (χ1v) is 6.87. The molecule has 1 aromatic heterocycles. The molecule has 0 bridgehead atoms. The fraction of sp³-hybridized carbons (Fsp3) is 0.167. The maximum absolute atomic E-state index is 13.7.